The van der Waals surface area contributed by atoms with Gasteiger partial charge in [0.25, 0.3) is 0 Å². The Bertz CT molecular complexity index is 165. The first-order valence-electron chi connectivity index (χ1n) is 3.70. The Morgan fingerprint density at radius 2 is 1.29 bits per heavy atom. The molecule has 0 aliphatic rings. The standard InChI is InChI=1S/C6H15O3PS.Mo.H2O.S/c1-5(2)8-10(7,11)9-6(3)4;;;/h5-6H,1-4H3,(H,7,11);;1H2;. The van der Waals surface area contributed by atoms with Crippen molar-refractivity contribution in [1.29, 1.82) is 0 Å². The molecule has 0 rings (SSSR count). The summed E-state index contributed by atoms with van der Waals surface area (Å²) >= 11 is 6.25. The summed E-state index contributed by atoms with van der Waals surface area (Å²) in [6.45, 7) is 4.25. The Morgan fingerprint density at radius 3 is 1.43 bits per heavy atom. The van der Waals surface area contributed by atoms with E-state index < -0.39 is 6.72 Å². The van der Waals surface area contributed by atoms with Crippen molar-refractivity contribution >= 4 is 28.3 Å². The van der Waals surface area contributed by atoms with Crippen LogP contribution in [0.5, 0.6) is 0 Å². The molecular formula is C6H17MoO4PS2. The molecule has 88 valence electrons. The molecule has 0 aromatic heterocycles. The molecule has 0 saturated carbocycles. The summed E-state index contributed by atoms with van der Waals surface area (Å²) in [5, 5.41) is 0. The second-order valence-electron chi connectivity index (χ2n) is 2.78. The molecule has 0 aromatic rings. The fourth-order valence-corrected chi connectivity index (χ4v) is 2.71. The van der Waals surface area contributed by atoms with Gasteiger partial charge in [0.1, 0.15) is 0 Å². The molecule has 0 aliphatic carbocycles. The molecule has 0 unspecified atom stereocenters. The third kappa shape index (κ3) is 15.9. The summed E-state index contributed by atoms with van der Waals surface area (Å²) in [5.74, 6) is 0. The average molecular weight is 344 g/mol. The van der Waals surface area contributed by atoms with Crippen molar-refractivity contribution in [3.63, 3.8) is 0 Å². The van der Waals surface area contributed by atoms with Gasteiger partial charge in [-0.25, -0.2) is 0 Å². The van der Waals surface area contributed by atoms with Gasteiger partial charge in [0.05, 0.1) is 12.2 Å². The predicted molar refractivity (Wildman–Crippen MR) is 60.2 cm³/mol. The Balaban J connectivity index is -0.000000376. The van der Waals surface area contributed by atoms with E-state index in [1.807, 2.05) is 0 Å². The monoisotopic (exact) mass is 346 g/mol. The third-order valence-electron chi connectivity index (χ3n) is 0.688. The van der Waals surface area contributed by atoms with Gasteiger partial charge < -0.3 is 19.4 Å². The summed E-state index contributed by atoms with van der Waals surface area (Å²) in [4.78, 5) is 9.34. The summed E-state index contributed by atoms with van der Waals surface area (Å²) in [7, 11) is 4.09. The minimum atomic E-state index is -2.97. The van der Waals surface area contributed by atoms with Crippen molar-refractivity contribution in [2.75, 3.05) is 0 Å². The molecule has 0 saturated heterocycles. The molecule has 0 amide bonds. The first-order valence-corrected chi connectivity index (χ1v) is 9.08. The molecule has 14 heavy (non-hydrogen) atoms. The minimum absolute atomic E-state index is 0. The maximum absolute atomic E-state index is 9.34. The Labute approximate surface area is 105 Å². The van der Waals surface area contributed by atoms with E-state index in [9.17, 15) is 4.89 Å². The molecule has 0 bridgehead atoms. The van der Waals surface area contributed by atoms with E-state index in [4.69, 9.17) is 20.9 Å². The van der Waals surface area contributed by atoms with E-state index >= 15 is 0 Å². The fourth-order valence-electron chi connectivity index (χ4n) is 0.558. The predicted octanol–water partition coefficient (Wildman–Crippen LogP) is 1.87. The van der Waals surface area contributed by atoms with Gasteiger partial charge in [0.15, 0.2) is 0 Å². The second-order valence-corrected chi connectivity index (χ2v) is 5.52. The van der Waals surface area contributed by atoms with Gasteiger partial charge in [0.2, 0.25) is 0 Å². The molecular weight excluding hydrogens is 327 g/mol. The van der Waals surface area contributed by atoms with Crippen LogP contribution in [0.1, 0.15) is 27.7 Å². The third-order valence-corrected chi connectivity index (χ3v) is 2.58. The molecule has 4 nitrogen and oxygen atoms in total. The van der Waals surface area contributed by atoms with Crippen LogP contribution in [0.15, 0.2) is 0 Å². The Morgan fingerprint density at radius 1 is 1.07 bits per heavy atom. The van der Waals surface area contributed by atoms with Crippen LogP contribution in [0.4, 0.5) is 0 Å². The van der Waals surface area contributed by atoms with Crippen molar-refractivity contribution in [2.45, 2.75) is 39.9 Å². The average Bonchev–Trinajstić information content (AvgIpc) is 1.85. The van der Waals surface area contributed by atoms with Gasteiger partial charge in [-0.05, 0) is 39.5 Å². The molecule has 0 aliphatic heterocycles. The fraction of sp³-hybridized carbons (Fsp3) is 1.00. The van der Waals surface area contributed by atoms with E-state index in [0.29, 0.717) is 0 Å². The normalized spacial score (nSPS) is 10.5. The van der Waals surface area contributed by atoms with Crippen LogP contribution in [0, 0.1) is 0 Å². The Kier molecular flexibility index (Phi) is 16.2. The SMILES string of the molecule is CC(C)OP(O)(=S)OC(C)C.O.[S]=[Mo]. The molecule has 8 heteroatoms. The molecule has 0 heterocycles. The van der Waals surface area contributed by atoms with Crippen LogP contribution in [-0.4, -0.2) is 22.6 Å². The molecule has 0 fully saturated rings. The molecule has 0 atom stereocenters. The molecule has 0 spiro atoms. The summed E-state index contributed by atoms with van der Waals surface area (Å²) in [6.07, 6.45) is -0.186. The number of rotatable bonds is 4. The molecule has 3 N–H and O–H groups in total. The maximum atomic E-state index is 9.34. The number of hydrogen-bond acceptors (Lipinski definition) is 4. The van der Waals surface area contributed by atoms with Crippen molar-refractivity contribution in [3.05, 3.63) is 0 Å². The van der Waals surface area contributed by atoms with Gasteiger partial charge in [-0.3, -0.25) is 0 Å². The van der Waals surface area contributed by atoms with Crippen LogP contribution in [0.25, 0.3) is 0 Å². The van der Waals surface area contributed by atoms with Crippen molar-refractivity contribution in [1.82, 2.24) is 0 Å². The zero-order valence-corrected chi connectivity index (χ0v) is 13.1. The van der Waals surface area contributed by atoms with Crippen molar-refractivity contribution in [3.8, 4) is 0 Å². The second kappa shape index (κ2) is 10.9. The first kappa shape index (κ1) is 20.8. The Hall–Kier alpha value is 1.40. The van der Waals surface area contributed by atoms with E-state index in [1.165, 1.54) is 18.0 Å². The van der Waals surface area contributed by atoms with Gasteiger partial charge in [-0.1, -0.05) is 0 Å². The molecule has 0 radical (unpaired) electrons. The summed E-state index contributed by atoms with van der Waals surface area (Å²) < 4.78 is 10.0. The van der Waals surface area contributed by atoms with E-state index in [1.54, 1.807) is 27.7 Å². The first-order chi connectivity index (χ1) is 5.83. The zero-order chi connectivity index (χ0) is 11.1. The van der Waals surface area contributed by atoms with E-state index in [2.05, 4.69) is 9.82 Å². The van der Waals surface area contributed by atoms with Crippen molar-refractivity contribution in [2.24, 2.45) is 0 Å². The van der Waals surface area contributed by atoms with Crippen LogP contribution >= 0.6 is 16.5 Å². The summed E-state index contributed by atoms with van der Waals surface area (Å²) in [5.41, 5.74) is 0. The topological polar surface area (TPSA) is 70.2 Å². The number of hydrogen-bond donors (Lipinski definition) is 1. The van der Waals surface area contributed by atoms with Gasteiger partial charge >= 0.3 is 34.5 Å². The van der Waals surface area contributed by atoms with Gasteiger partial charge in [-0.2, -0.15) is 0 Å². The van der Waals surface area contributed by atoms with Crippen LogP contribution in [0.2, 0.25) is 0 Å². The quantitative estimate of drug-likeness (QED) is 0.623. The van der Waals surface area contributed by atoms with Crippen LogP contribution in [-0.2, 0) is 38.8 Å². The van der Waals surface area contributed by atoms with E-state index in [0.717, 1.165) is 0 Å². The zero-order valence-electron chi connectivity index (χ0n) is 8.59. The van der Waals surface area contributed by atoms with Crippen LogP contribution < -0.4 is 0 Å². The van der Waals surface area contributed by atoms with Gasteiger partial charge in [-0.15, -0.1) is 0 Å². The van der Waals surface area contributed by atoms with Gasteiger partial charge in [0, 0.05) is 0 Å². The summed E-state index contributed by atoms with van der Waals surface area (Å²) in [6, 6.07) is 0. The molecule has 0 aromatic carbocycles. The van der Waals surface area contributed by atoms with Crippen LogP contribution in [0.3, 0.4) is 0 Å². The van der Waals surface area contributed by atoms with E-state index in [-0.39, 0.29) is 17.7 Å². The van der Waals surface area contributed by atoms with Crippen molar-refractivity contribution < 1.29 is 37.4 Å².